The van der Waals surface area contributed by atoms with Crippen LogP contribution in [0.4, 0.5) is 0 Å². The van der Waals surface area contributed by atoms with Crippen LogP contribution in [0.25, 0.3) is 75.8 Å². The number of hydrogen-bond acceptors (Lipinski definition) is 0. The van der Waals surface area contributed by atoms with Gasteiger partial charge in [-0.15, -0.1) is 0 Å². The number of benzene rings is 16. The molecule has 0 atom stereocenters. The summed E-state index contributed by atoms with van der Waals surface area (Å²) in [5.41, 5.74) is 19.5. The molecule has 1 aliphatic rings. The van der Waals surface area contributed by atoms with E-state index in [0.717, 1.165) is 24.7 Å². The van der Waals surface area contributed by atoms with E-state index in [9.17, 15) is 0 Å². The minimum Gasteiger partial charge on any atom is -0.0643 e. The summed E-state index contributed by atoms with van der Waals surface area (Å²) in [6.07, 6.45) is 9.93. The molecule has 2 radical (unpaired) electrons. The highest BCUT2D eigenvalue weighted by Gasteiger charge is 2.16. The lowest BCUT2D eigenvalue weighted by molar-refractivity contribution is 0.443. The second-order valence-corrected chi connectivity index (χ2v) is 34.8. The summed E-state index contributed by atoms with van der Waals surface area (Å²) in [7, 11) is 5.50. The SMILES string of the molecule is CC(C)c1ccc(-c2ccccc2)cc1.CC(C)c1ccc(C2CCCCC2)cc1.CC(C)c1ccc(Cc2ccccc2)cc1.CC(C)c1ccc2c(ccc3ccccc32)c1.CC(C)c1ccc2ccccc2c1.CC(C)c1cccc2cc3ccccc3cc12.CC(C)c1cccc2ccccc12.[B]Cc1ccc(CC(C)C)cc1. The van der Waals surface area contributed by atoms with Crippen molar-refractivity contribution < 1.29 is 0 Å². The molecule has 1 aliphatic carbocycles. The summed E-state index contributed by atoms with van der Waals surface area (Å²) in [5.74, 6) is 5.83. The normalized spacial score (nSPS) is 11.9. The van der Waals surface area contributed by atoms with Gasteiger partial charge in [-0.3, -0.25) is 0 Å². The molecule has 17 rings (SSSR count). The Balaban J connectivity index is 0.000000142. The monoisotopic (exact) mass is 1550 g/mol. The molecular weight excluding hydrogens is 1420 g/mol. The second-order valence-electron chi connectivity index (χ2n) is 34.8. The molecule has 16 aromatic carbocycles. The molecule has 602 valence electrons. The maximum atomic E-state index is 5.50. The zero-order chi connectivity index (χ0) is 83.9. The van der Waals surface area contributed by atoms with Crippen molar-refractivity contribution in [1.29, 1.82) is 0 Å². The summed E-state index contributed by atoms with van der Waals surface area (Å²) < 4.78 is 0. The molecule has 0 N–H and O–H groups in total. The third-order valence-electron chi connectivity index (χ3n) is 22.9. The van der Waals surface area contributed by atoms with E-state index in [1.54, 1.807) is 5.56 Å². The third-order valence-corrected chi connectivity index (χ3v) is 22.9. The summed E-state index contributed by atoms with van der Waals surface area (Å²) in [6.45, 7) is 35.8. The van der Waals surface area contributed by atoms with Gasteiger partial charge in [-0.05, 0) is 228 Å². The van der Waals surface area contributed by atoms with Gasteiger partial charge in [0.05, 0.1) is 7.85 Å². The number of hydrogen-bond donors (Lipinski definition) is 0. The predicted octanol–water partition coefficient (Wildman–Crippen LogP) is 34.4. The third kappa shape index (κ3) is 26.8. The topological polar surface area (TPSA) is 0 Å². The number of rotatable bonds is 14. The quantitative estimate of drug-likeness (QED) is 0.0578. The molecule has 1 heteroatoms. The van der Waals surface area contributed by atoms with Crippen molar-refractivity contribution in [3.05, 3.63) is 419 Å². The van der Waals surface area contributed by atoms with Crippen LogP contribution in [0.2, 0.25) is 0 Å². The van der Waals surface area contributed by atoms with Gasteiger partial charge in [0, 0.05) is 0 Å². The molecule has 0 unspecified atom stereocenters. The van der Waals surface area contributed by atoms with Gasteiger partial charge in [0.25, 0.3) is 0 Å². The Bertz CT molecular complexity index is 5610. The van der Waals surface area contributed by atoms with Crippen LogP contribution in [-0.4, -0.2) is 7.85 Å². The average molecular weight is 1550 g/mol. The van der Waals surface area contributed by atoms with Gasteiger partial charge in [-0.2, -0.15) is 0 Å². The van der Waals surface area contributed by atoms with Crippen LogP contribution >= 0.6 is 0 Å². The van der Waals surface area contributed by atoms with Crippen LogP contribution < -0.4 is 0 Å². The molecule has 1 saturated carbocycles. The first kappa shape index (κ1) is 89.5. The van der Waals surface area contributed by atoms with Crippen molar-refractivity contribution in [3.63, 3.8) is 0 Å². The van der Waals surface area contributed by atoms with Crippen LogP contribution in [0.5, 0.6) is 0 Å². The first-order valence-corrected chi connectivity index (χ1v) is 44.0. The highest BCUT2D eigenvalue weighted by molar-refractivity contribution is 6.08. The van der Waals surface area contributed by atoms with Gasteiger partial charge >= 0.3 is 0 Å². The van der Waals surface area contributed by atoms with Crippen molar-refractivity contribution >= 4 is 72.5 Å². The molecule has 0 saturated heterocycles. The predicted molar refractivity (Wildman–Crippen MR) is 524 cm³/mol. The van der Waals surface area contributed by atoms with Gasteiger partial charge < -0.3 is 0 Å². The lowest BCUT2D eigenvalue weighted by atomic mass is 9.83. The van der Waals surface area contributed by atoms with Gasteiger partial charge in [0.2, 0.25) is 0 Å². The van der Waals surface area contributed by atoms with Crippen molar-refractivity contribution in [2.45, 2.75) is 209 Å². The van der Waals surface area contributed by atoms with Crippen molar-refractivity contribution in [3.8, 4) is 11.1 Å². The van der Waals surface area contributed by atoms with Crippen LogP contribution in [0, 0.1) is 5.92 Å². The van der Waals surface area contributed by atoms with Gasteiger partial charge in [-0.25, -0.2) is 0 Å². The fraction of sp³-hybridized carbons (Fsp3) is 0.282. The fourth-order valence-electron chi connectivity index (χ4n) is 15.6. The van der Waals surface area contributed by atoms with Crippen molar-refractivity contribution in [1.82, 2.24) is 0 Å². The van der Waals surface area contributed by atoms with Crippen LogP contribution in [0.1, 0.15) is 257 Å². The Hall–Kier alpha value is -10.9. The summed E-state index contributed by atoms with van der Waals surface area (Å²) in [4.78, 5) is 0. The fourth-order valence-corrected chi connectivity index (χ4v) is 15.6. The molecule has 0 heterocycles. The van der Waals surface area contributed by atoms with Gasteiger partial charge in [-0.1, -0.05) is 482 Å². The van der Waals surface area contributed by atoms with Crippen LogP contribution in [0.15, 0.2) is 352 Å². The van der Waals surface area contributed by atoms with Gasteiger partial charge in [0.1, 0.15) is 0 Å². The summed E-state index contributed by atoms with van der Waals surface area (Å²) in [5, 5.41) is 16.1. The standard InChI is InChI=1S/2C17H16.C16H18.C15H22.C15H16.2C13H14.C11H15B/c1-12(2)16-9-5-8-15-10-13-6-3-4-7-14(13)11-17(15)16;1-12(2)14-9-10-17-15(11-14)8-7-13-5-3-4-6-16(13)17;1-13(2)16-10-8-15(9-11-16)12-14-6-4-3-5-7-14;2*1-12(2)13-8-10-15(11-9-13)14-6-4-3-5-7-14;1-10(2)12-9-5-7-11-6-3-4-8-13(11)12;1-10(2)12-8-7-11-5-3-4-6-13(11)9-12;1-9(2)7-10-3-5-11(8-12)6-4-10/h2*3-12H,1-2H3;3-11,13H,12H2,1-2H3;8-12,14H,3-7H2,1-2H3;3-12H,1-2H3;2*3-10H,1-2H3;3-6,9H,7-8H2,1-2H3. The molecule has 118 heavy (non-hydrogen) atoms. The van der Waals surface area contributed by atoms with E-state index < -0.39 is 0 Å². The summed E-state index contributed by atoms with van der Waals surface area (Å²) >= 11 is 0. The van der Waals surface area contributed by atoms with E-state index in [-0.39, 0.29) is 0 Å². The molecule has 0 spiro atoms. The highest BCUT2D eigenvalue weighted by atomic mass is 14.2. The lowest BCUT2D eigenvalue weighted by Gasteiger charge is -2.22. The second kappa shape index (κ2) is 45.8. The summed E-state index contributed by atoms with van der Waals surface area (Å²) in [6, 6.07) is 127. The lowest BCUT2D eigenvalue weighted by Crippen LogP contribution is -2.04. The number of fused-ring (bicyclic) bond motifs is 7. The zero-order valence-corrected chi connectivity index (χ0v) is 73.9. The molecule has 0 bridgehead atoms. The van der Waals surface area contributed by atoms with E-state index >= 15 is 0 Å². The molecule has 0 aromatic heterocycles. The Morgan fingerprint density at radius 3 is 1.13 bits per heavy atom. The van der Waals surface area contributed by atoms with Crippen LogP contribution in [-0.2, 0) is 19.2 Å². The Morgan fingerprint density at radius 2 is 0.593 bits per heavy atom. The minimum absolute atomic E-state index is 0.569. The maximum Gasteiger partial charge on any atom is 0.0716 e. The average Bonchev–Trinajstić information content (AvgIpc) is 0.790. The van der Waals surface area contributed by atoms with E-state index in [4.69, 9.17) is 7.85 Å². The molecule has 1 fully saturated rings. The molecular formula is C117H131B. The van der Waals surface area contributed by atoms with E-state index in [2.05, 4.69) is 457 Å². The van der Waals surface area contributed by atoms with E-state index in [1.165, 1.54) is 169 Å². The molecule has 16 aromatic rings. The Morgan fingerprint density at radius 1 is 0.237 bits per heavy atom. The van der Waals surface area contributed by atoms with E-state index in [1.807, 2.05) is 6.07 Å². The van der Waals surface area contributed by atoms with Crippen molar-refractivity contribution in [2.24, 2.45) is 5.92 Å². The largest absolute Gasteiger partial charge is 0.0716 e. The first-order chi connectivity index (χ1) is 57.1. The zero-order valence-electron chi connectivity index (χ0n) is 73.9. The molecule has 0 nitrogen and oxygen atoms in total. The smallest absolute Gasteiger partial charge is 0.0643 e. The first-order valence-electron chi connectivity index (χ1n) is 44.0. The minimum atomic E-state index is 0.569. The van der Waals surface area contributed by atoms with Crippen LogP contribution in [0.3, 0.4) is 0 Å². The van der Waals surface area contributed by atoms with E-state index in [0.29, 0.717) is 47.7 Å². The molecule has 0 aliphatic heterocycles. The Labute approximate surface area is 712 Å². The highest BCUT2D eigenvalue weighted by Crippen LogP contribution is 2.35. The van der Waals surface area contributed by atoms with Crippen molar-refractivity contribution in [2.75, 3.05) is 0 Å². The Kier molecular flexibility index (Phi) is 34.7. The maximum absolute atomic E-state index is 5.50. The van der Waals surface area contributed by atoms with Gasteiger partial charge in [0.15, 0.2) is 0 Å². The molecule has 0 amide bonds.